The monoisotopic (exact) mass is 514 g/mol. The molecule has 7 rings (SSSR count). The van der Waals surface area contributed by atoms with Gasteiger partial charge >= 0.3 is 5.97 Å². The zero-order valence-electron chi connectivity index (χ0n) is 21.9. The van der Waals surface area contributed by atoms with E-state index in [1.807, 2.05) is 0 Å². The van der Waals surface area contributed by atoms with Crippen LogP contribution in [0.2, 0.25) is 0 Å². The molecular weight excluding hydrogens is 476 g/mol. The van der Waals surface area contributed by atoms with Crippen molar-refractivity contribution in [1.29, 1.82) is 0 Å². The van der Waals surface area contributed by atoms with Gasteiger partial charge in [0.25, 0.3) is 0 Å². The summed E-state index contributed by atoms with van der Waals surface area (Å²) in [6.45, 7) is 5.25. The van der Waals surface area contributed by atoms with Gasteiger partial charge in [-0.05, 0) is 61.3 Å². The van der Waals surface area contributed by atoms with E-state index in [2.05, 4.69) is 26.0 Å². The first-order valence-electron chi connectivity index (χ1n) is 13.8. The summed E-state index contributed by atoms with van der Waals surface area (Å²) in [6, 6.07) is 0. The van der Waals surface area contributed by atoms with Gasteiger partial charge in [0.1, 0.15) is 18.8 Å². The van der Waals surface area contributed by atoms with Crippen molar-refractivity contribution in [1.82, 2.24) is 0 Å². The van der Waals surface area contributed by atoms with Gasteiger partial charge in [0.05, 0.1) is 18.3 Å². The number of allylic oxidation sites excluding steroid dienone is 1. The Bertz CT molecular complexity index is 1110. The Balaban J connectivity index is 1.19. The van der Waals surface area contributed by atoms with Gasteiger partial charge in [0.2, 0.25) is 12.1 Å². The van der Waals surface area contributed by atoms with Crippen molar-refractivity contribution >= 4 is 5.97 Å². The van der Waals surface area contributed by atoms with E-state index < -0.39 is 29.2 Å². The molecule has 3 aliphatic heterocycles. The van der Waals surface area contributed by atoms with Crippen LogP contribution >= 0.6 is 0 Å². The largest absolute Gasteiger partial charge is 0.458 e. The molecule has 4 aliphatic carbocycles. The van der Waals surface area contributed by atoms with E-state index in [-0.39, 0.29) is 35.4 Å². The lowest BCUT2D eigenvalue weighted by atomic mass is 9.45. The molecule has 2 N–H and O–H groups in total. The molecule has 37 heavy (non-hydrogen) atoms. The van der Waals surface area contributed by atoms with E-state index in [1.165, 1.54) is 5.57 Å². The number of rotatable bonds is 2. The van der Waals surface area contributed by atoms with Crippen molar-refractivity contribution in [3.8, 4) is 0 Å². The predicted octanol–water partition coefficient (Wildman–Crippen LogP) is 2.93. The Hall–Kier alpha value is -1.55. The molecule has 2 saturated carbocycles. The Morgan fingerprint density at radius 1 is 1.14 bits per heavy atom. The van der Waals surface area contributed by atoms with Crippen LogP contribution in [0.15, 0.2) is 34.9 Å². The van der Waals surface area contributed by atoms with Crippen LogP contribution in [0, 0.1) is 22.7 Å². The van der Waals surface area contributed by atoms with Crippen LogP contribution < -0.4 is 0 Å². The standard InChI is InChI=1S/C29H38O8/c1-26-14-22-21(36-25-29(32,37-22)23(33-3)8-11-34-25)13-17(26)4-5-20-19(26)6-9-27(2)18(7-10-28(20,27)31)16-12-24(30)35-15-16/h7,12-13,19-23,25,31-32H,4-6,8-11,14-15H2,1-3H3/t19-,20+,21+,22+,23+,25-,26-,27+,28-,29-/m0/s1. The lowest BCUT2D eigenvalue weighted by Crippen LogP contribution is -2.68. The highest BCUT2D eigenvalue weighted by molar-refractivity contribution is 5.86. The fraction of sp³-hybridized carbons (Fsp3) is 0.759. The number of hydrogen-bond acceptors (Lipinski definition) is 8. The van der Waals surface area contributed by atoms with Gasteiger partial charge in [-0.25, -0.2) is 4.79 Å². The fourth-order valence-corrected chi connectivity index (χ4v) is 9.22. The van der Waals surface area contributed by atoms with Crippen LogP contribution in [0.4, 0.5) is 0 Å². The third-order valence-electron chi connectivity index (χ3n) is 11.2. The molecule has 0 amide bonds. The van der Waals surface area contributed by atoms with Crippen molar-refractivity contribution < 1.29 is 38.7 Å². The molecule has 202 valence electrons. The van der Waals surface area contributed by atoms with Crippen molar-refractivity contribution in [2.75, 3.05) is 20.3 Å². The minimum absolute atomic E-state index is 0.127. The van der Waals surface area contributed by atoms with E-state index in [0.717, 1.165) is 43.3 Å². The molecule has 0 aromatic heterocycles. The second-order valence-electron chi connectivity index (χ2n) is 12.7. The average molecular weight is 515 g/mol. The highest BCUT2D eigenvalue weighted by Crippen LogP contribution is 2.68. The summed E-state index contributed by atoms with van der Waals surface area (Å²) in [5, 5.41) is 23.9. The molecule has 0 aromatic rings. The van der Waals surface area contributed by atoms with Crippen LogP contribution in [0.5, 0.6) is 0 Å². The Morgan fingerprint density at radius 3 is 2.73 bits per heavy atom. The molecule has 3 heterocycles. The molecule has 2 saturated heterocycles. The Kier molecular flexibility index (Phi) is 5.29. The van der Waals surface area contributed by atoms with Gasteiger partial charge in [-0.1, -0.05) is 31.6 Å². The van der Waals surface area contributed by atoms with E-state index in [9.17, 15) is 15.0 Å². The van der Waals surface area contributed by atoms with Crippen LogP contribution in [0.25, 0.3) is 0 Å². The lowest BCUT2D eigenvalue weighted by molar-refractivity contribution is -0.442. The number of cyclic esters (lactones) is 1. The van der Waals surface area contributed by atoms with Gasteiger partial charge < -0.3 is 33.9 Å². The molecule has 0 aromatic carbocycles. The molecule has 0 spiro atoms. The number of carbonyl (C=O) groups excluding carboxylic acids is 1. The molecular formula is C29H38O8. The number of aliphatic hydroxyl groups is 2. The van der Waals surface area contributed by atoms with Crippen molar-refractivity contribution in [3.05, 3.63) is 34.9 Å². The third kappa shape index (κ3) is 3.14. The normalized spacial score (nSPS) is 52.5. The number of fused-ring (bicyclic) bond motifs is 7. The molecule has 0 bridgehead atoms. The highest BCUT2D eigenvalue weighted by Gasteiger charge is 2.66. The molecule has 0 radical (unpaired) electrons. The number of esters is 1. The smallest absolute Gasteiger partial charge is 0.331 e. The van der Waals surface area contributed by atoms with E-state index >= 15 is 0 Å². The lowest BCUT2D eigenvalue weighted by Gasteiger charge is -2.63. The highest BCUT2D eigenvalue weighted by atomic mass is 16.8. The first kappa shape index (κ1) is 24.5. The maximum atomic E-state index is 12.4. The van der Waals surface area contributed by atoms with Gasteiger partial charge in [0, 0.05) is 30.6 Å². The first-order valence-corrected chi connectivity index (χ1v) is 13.8. The van der Waals surface area contributed by atoms with Crippen molar-refractivity contribution in [3.63, 3.8) is 0 Å². The zero-order chi connectivity index (χ0) is 25.8. The van der Waals surface area contributed by atoms with E-state index in [0.29, 0.717) is 26.1 Å². The molecule has 8 nitrogen and oxygen atoms in total. The summed E-state index contributed by atoms with van der Waals surface area (Å²) < 4.78 is 29.2. The fourth-order valence-electron chi connectivity index (χ4n) is 9.22. The second kappa shape index (κ2) is 7.99. The topological polar surface area (TPSA) is 104 Å². The molecule has 0 unspecified atom stereocenters. The Morgan fingerprint density at radius 2 is 1.97 bits per heavy atom. The van der Waals surface area contributed by atoms with E-state index in [4.69, 9.17) is 23.7 Å². The van der Waals surface area contributed by atoms with E-state index in [1.54, 1.807) is 13.2 Å². The number of methoxy groups -OCH3 is 1. The number of hydrogen-bond donors (Lipinski definition) is 2. The summed E-state index contributed by atoms with van der Waals surface area (Å²) in [4.78, 5) is 11.8. The van der Waals surface area contributed by atoms with Crippen LogP contribution in [-0.4, -0.2) is 72.5 Å². The third-order valence-corrected chi connectivity index (χ3v) is 11.2. The maximum Gasteiger partial charge on any atom is 0.331 e. The van der Waals surface area contributed by atoms with Crippen LogP contribution in [0.3, 0.4) is 0 Å². The molecule has 10 atom stereocenters. The minimum atomic E-state index is -1.63. The van der Waals surface area contributed by atoms with Gasteiger partial charge in [0.15, 0.2) is 0 Å². The predicted molar refractivity (Wildman–Crippen MR) is 131 cm³/mol. The molecule has 8 heteroatoms. The van der Waals surface area contributed by atoms with Crippen LogP contribution in [-0.2, 0) is 28.5 Å². The van der Waals surface area contributed by atoms with Gasteiger partial charge in [-0.3, -0.25) is 0 Å². The van der Waals surface area contributed by atoms with Crippen molar-refractivity contribution in [2.24, 2.45) is 22.7 Å². The quantitative estimate of drug-likeness (QED) is 0.428. The molecule has 7 aliphatic rings. The first-order chi connectivity index (χ1) is 17.6. The Labute approximate surface area is 217 Å². The van der Waals surface area contributed by atoms with Gasteiger partial charge in [-0.15, -0.1) is 0 Å². The SMILES string of the molecule is CO[C@@H]1CCO[C@H]2O[C@@H]3C=C4CC[C@@H]5[C@H](CC[C@]6(C)C(C7=CC(=O)OC7)=CC[C@]56O)[C@@]4(C)C[C@H]3O[C@]21O. The van der Waals surface area contributed by atoms with Crippen LogP contribution in [0.1, 0.15) is 58.8 Å². The summed E-state index contributed by atoms with van der Waals surface area (Å²) in [6.07, 6.45) is 9.50. The number of ether oxygens (including phenoxy) is 5. The zero-order valence-corrected chi connectivity index (χ0v) is 21.9. The van der Waals surface area contributed by atoms with Crippen molar-refractivity contribution in [2.45, 2.75) is 94.8 Å². The minimum Gasteiger partial charge on any atom is -0.458 e. The summed E-state index contributed by atoms with van der Waals surface area (Å²) >= 11 is 0. The number of carbonyl (C=O) groups is 1. The molecule has 4 fully saturated rings. The summed E-state index contributed by atoms with van der Waals surface area (Å²) in [7, 11) is 1.58. The average Bonchev–Trinajstić information content (AvgIpc) is 3.40. The summed E-state index contributed by atoms with van der Waals surface area (Å²) in [5.41, 5.74) is 1.95. The van der Waals surface area contributed by atoms with Gasteiger partial charge in [-0.2, -0.15) is 0 Å². The summed E-state index contributed by atoms with van der Waals surface area (Å²) in [5.74, 6) is -1.52. The maximum absolute atomic E-state index is 12.4. The second-order valence-corrected chi connectivity index (χ2v) is 12.7.